The molecule has 0 amide bonds. The summed E-state index contributed by atoms with van der Waals surface area (Å²) >= 11 is 0. The molecule has 0 saturated heterocycles. The van der Waals surface area contributed by atoms with Crippen LogP contribution in [0.5, 0.6) is 0 Å². The normalized spacial score (nSPS) is 46.7. The van der Waals surface area contributed by atoms with E-state index in [9.17, 15) is 4.79 Å². The minimum absolute atomic E-state index is 0.0208. The van der Waals surface area contributed by atoms with E-state index in [0.29, 0.717) is 28.3 Å². The van der Waals surface area contributed by atoms with Crippen LogP contribution < -0.4 is 0 Å². The summed E-state index contributed by atoms with van der Waals surface area (Å²) in [6.07, 6.45) is 11.6. The van der Waals surface area contributed by atoms with Crippen LogP contribution in [0.2, 0.25) is 18.1 Å². The highest BCUT2D eigenvalue weighted by molar-refractivity contribution is 6.74. The van der Waals surface area contributed by atoms with Gasteiger partial charge in [-0.25, -0.2) is 0 Å². The SMILES string of the molecule is CC(C)(C)[Si](C)(C)OC1CC[C@@]2(C)[C@H](CC[C@@H]3[C@@H]2CC[C@]2(C)C(=O)CC[C@@H]32)C1. The van der Waals surface area contributed by atoms with Crippen LogP contribution in [0, 0.1) is 34.5 Å². The van der Waals surface area contributed by atoms with E-state index in [1.807, 2.05) is 0 Å². The second kappa shape index (κ2) is 6.67. The fraction of sp³-hybridized carbons (Fsp3) is 0.960. The number of carbonyl (C=O) groups is 1. The summed E-state index contributed by atoms with van der Waals surface area (Å²) in [5.41, 5.74) is 0.510. The van der Waals surface area contributed by atoms with E-state index in [0.717, 1.165) is 30.6 Å². The molecule has 4 fully saturated rings. The lowest BCUT2D eigenvalue weighted by atomic mass is 9.45. The molecule has 7 atom stereocenters. The third-order valence-electron chi connectivity index (χ3n) is 10.6. The number of fused-ring (bicyclic) bond motifs is 5. The maximum atomic E-state index is 12.6. The molecular weight excluding hydrogens is 360 g/mol. The first-order valence-corrected chi connectivity index (χ1v) is 15.0. The number of Topliss-reactive ketones (excluding diaryl/α,β-unsaturated/α-hetero) is 1. The molecule has 0 bridgehead atoms. The quantitative estimate of drug-likeness (QED) is 0.464. The summed E-state index contributed by atoms with van der Waals surface area (Å²) in [7, 11) is -1.68. The smallest absolute Gasteiger partial charge is 0.192 e. The summed E-state index contributed by atoms with van der Waals surface area (Å²) in [5, 5.41) is 0.300. The molecular formula is C25H44O2Si. The summed E-state index contributed by atoms with van der Waals surface area (Å²) in [6.45, 7) is 16.8. The Morgan fingerprint density at radius 3 is 2.36 bits per heavy atom. The molecule has 2 nitrogen and oxygen atoms in total. The van der Waals surface area contributed by atoms with Crippen molar-refractivity contribution in [2.24, 2.45) is 34.5 Å². The van der Waals surface area contributed by atoms with Gasteiger partial charge < -0.3 is 4.43 Å². The molecule has 0 heterocycles. The Bertz CT molecular complexity index is 635. The van der Waals surface area contributed by atoms with Crippen molar-refractivity contribution in [3.05, 3.63) is 0 Å². The van der Waals surface area contributed by atoms with E-state index in [-0.39, 0.29) is 5.41 Å². The maximum absolute atomic E-state index is 12.6. The van der Waals surface area contributed by atoms with Gasteiger partial charge in [0.25, 0.3) is 0 Å². The van der Waals surface area contributed by atoms with Crippen LogP contribution in [0.15, 0.2) is 0 Å². The highest BCUT2D eigenvalue weighted by Gasteiger charge is 2.60. The van der Waals surface area contributed by atoms with Crippen molar-refractivity contribution in [1.82, 2.24) is 0 Å². The third-order valence-corrected chi connectivity index (χ3v) is 15.1. The topological polar surface area (TPSA) is 26.3 Å². The molecule has 4 aliphatic carbocycles. The van der Waals surface area contributed by atoms with Gasteiger partial charge in [0.15, 0.2) is 8.32 Å². The van der Waals surface area contributed by atoms with Crippen LogP contribution in [0.4, 0.5) is 0 Å². The largest absolute Gasteiger partial charge is 0.414 e. The Labute approximate surface area is 174 Å². The predicted octanol–water partition coefficient (Wildman–Crippen LogP) is 6.99. The predicted molar refractivity (Wildman–Crippen MR) is 119 cm³/mol. The van der Waals surface area contributed by atoms with Crippen LogP contribution in [-0.2, 0) is 9.22 Å². The second-order valence-electron chi connectivity index (χ2n) is 12.8. The van der Waals surface area contributed by atoms with Gasteiger partial charge in [-0.3, -0.25) is 4.79 Å². The zero-order chi connectivity index (χ0) is 20.5. The molecule has 0 radical (unpaired) electrons. The number of hydrogen-bond donors (Lipinski definition) is 0. The van der Waals surface area contributed by atoms with Crippen molar-refractivity contribution in [1.29, 1.82) is 0 Å². The number of rotatable bonds is 2. The Morgan fingerprint density at radius 1 is 0.964 bits per heavy atom. The molecule has 4 rings (SSSR count). The van der Waals surface area contributed by atoms with E-state index < -0.39 is 8.32 Å². The maximum Gasteiger partial charge on any atom is 0.192 e. The molecule has 0 aromatic carbocycles. The number of hydrogen-bond acceptors (Lipinski definition) is 2. The lowest BCUT2D eigenvalue weighted by Crippen LogP contribution is -2.55. The molecule has 3 heteroatoms. The van der Waals surface area contributed by atoms with E-state index in [4.69, 9.17) is 4.43 Å². The minimum Gasteiger partial charge on any atom is -0.414 e. The zero-order valence-corrected chi connectivity index (χ0v) is 20.6. The molecule has 28 heavy (non-hydrogen) atoms. The van der Waals surface area contributed by atoms with E-state index in [1.165, 1.54) is 44.9 Å². The molecule has 0 N–H and O–H groups in total. The monoisotopic (exact) mass is 404 g/mol. The fourth-order valence-electron chi connectivity index (χ4n) is 7.69. The summed E-state index contributed by atoms with van der Waals surface area (Å²) < 4.78 is 6.87. The molecule has 4 saturated carbocycles. The molecule has 0 aromatic heterocycles. The van der Waals surface area contributed by atoms with Crippen molar-refractivity contribution in [2.75, 3.05) is 0 Å². The van der Waals surface area contributed by atoms with Gasteiger partial charge in [0, 0.05) is 17.9 Å². The summed E-state index contributed by atoms with van der Waals surface area (Å²) in [4.78, 5) is 12.6. The Morgan fingerprint density at radius 2 is 1.68 bits per heavy atom. The Balaban J connectivity index is 1.48. The average Bonchev–Trinajstić information content (AvgIpc) is 2.89. The Hall–Kier alpha value is -0.153. The molecule has 160 valence electrons. The lowest BCUT2D eigenvalue weighted by molar-refractivity contribution is -0.141. The zero-order valence-electron chi connectivity index (χ0n) is 19.6. The van der Waals surface area contributed by atoms with E-state index in [2.05, 4.69) is 47.7 Å². The van der Waals surface area contributed by atoms with Crippen molar-refractivity contribution in [3.63, 3.8) is 0 Å². The van der Waals surface area contributed by atoms with E-state index in [1.54, 1.807) is 0 Å². The van der Waals surface area contributed by atoms with Crippen molar-refractivity contribution < 1.29 is 9.22 Å². The van der Waals surface area contributed by atoms with Crippen LogP contribution >= 0.6 is 0 Å². The van der Waals surface area contributed by atoms with Crippen molar-refractivity contribution in [3.8, 4) is 0 Å². The number of carbonyl (C=O) groups excluding carboxylic acids is 1. The van der Waals surface area contributed by atoms with Gasteiger partial charge in [-0.2, -0.15) is 0 Å². The highest BCUT2D eigenvalue weighted by Crippen LogP contribution is 2.65. The van der Waals surface area contributed by atoms with Gasteiger partial charge in [0.1, 0.15) is 5.78 Å². The first kappa shape index (κ1) is 21.1. The molecule has 0 aliphatic heterocycles. The van der Waals surface area contributed by atoms with Gasteiger partial charge in [-0.15, -0.1) is 0 Å². The van der Waals surface area contributed by atoms with Crippen molar-refractivity contribution in [2.45, 2.75) is 117 Å². The fourth-order valence-corrected chi connectivity index (χ4v) is 9.09. The first-order chi connectivity index (χ1) is 12.9. The standard InChI is InChI=1S/C25H44O2Si/c1-23(2,3)28(6,7)27-18-12-14-24(4)17(16-18)8-9-19-20-10-11-22(26)25(20,5)15-13-21(19)24/h17-21H,8-16H2,1-7H3/t17-,18?,19+,20+,21+,24+,25+/m1/s1. The van der Waals surface area contributed by atoms with Crippen LogP contribution in [0.3, 0.4) is 0 Å². The van der Waals surface area contributed by atoms with Crippen LogP contribution in [0.1, 0.15) is 92.4 Å². The third kappa shape index (κ3) is 3.09. The van der Waals surface area contributed by atoms with Crippen LogP contribution in [0.25, 0.3) is 0 Å². The Kier molecular flexibility index (Phi) is 5.03. The summed E-state index contributed by atoms with van der Waals surface area (Å²) in [6, 6.07) is 0. The molecule has 4 aliphatic rings. The summed E-state index contributed by atoms with van der Waals surface area (Å²) in [5.74, 6) is 3.75. The van der Waals surface area contributed by atoms with Gasteiger partial charge >= 0.3 is 0 Å². The molecule has 0 aromatic rings. The molecule has 0 spiro atoms. The molecule has 1 unspecified atom stereocenters. The van der Waals surface area contributed by atoms with Gasteiger partial charge in [0.05, 0.1) is 0 Å². The van der Waals surface area contributed by atoms with Gasteiger partial charge in [-0.1, -0.05) is 34.6 Å². The van der Waals surface area contributed by atoms with Gasteiger partial charge in [0.2, 0.25) is 0 Å². The minimum atomic E-state index is -1.68. The van der Waals surface area contributed by atoms with Gasteiger partial charge in [-0.05, 0) is 98.6 Å². The second-order valence-corrected chi connectivity index (χ2v) is 17.6. The number of ketones is 1. The average molecular weight is 405 g/mol. The lowest BCUT2D eigenvalue weighted by Gasteiger charge is -2.60. The first-order valence-electron chi connectivity index (χ1n) is 12.1. The van der Waals surface area contributed by atoms with Crippen LogP contribution in [-0.4, -0.2) is 20.2 Å². The van der Waals surface area contributed by atoms with Crippen molar-refractivity contribution >= 4 is 14.1 Å². The highest BCUT2D eigenvalue weighted by atomic mass is 28.4. The van der Waals surface area contributed by atoms with E-state index >= 15 is 0 Å².